The Labute approximate surface area is 125 Å². The monoisotopic (exact) mass is 367 g/mol. The van der Waals surface area contributed by atoms with Crippen molar-refractivity contribution >= 4 is 41.5 Å². The first-order valence-electron chi connectivity index (χ1n) is 5.45. The molecule has 0 unspecified atom stereocenters. The summed E-state index contributed by atoms with van der Waals surface area (Å²) >= 11 is 6.06. The van der Waals surface area contributed by atoms with E-state index in [1.54, 1.807) is 7.05 Å². The molecule has 17 heavy (non-hydrogen) atoms. The molecule has 3 nitrogen and oxygen atoms in total. The predicted molar refractivity (Wildman–Crippen MR) is 85.6 cm³/mol. The fourth-order valence-electron chi connectivity index (χ4n) is 1.40. The lowest BCUT2D eigenvalue weighted by molar-refractivity contribution is 0.810. The Bertz CT molecular complexity index is 355. The van der Waals surface area contributed by atoms with Crippen LogP contribution in [0, 0.1) is 0 Å². The second-order valence-electron chi connectivity index (χ2n) is 3.37. The van der Waals surface area contributed by atoms with Gasteiger partial charge in [0.15, 0.2) is 5.96 Å². The van der Waals surface area contributed by atoms with Crippen molar-refractivity contribution < 1.29 is 0 Å². The van der Waals surface area contributed by atoms with Crippen LogP contribution in [-0.4, -0.2) is 26.1 Å². The molecule has 0 aliphatic rings. The molecular formula is C12H19ClIN3. The molecule has 0 radical (unpaired) electrons. The van der Waals surface area contributed by atoms with Crippen LogP contribution < -0.4 is 10.6 Å². The molecule has 0 aliphatic heterocycles. The van der Waals surface area contributed by atoms with E-state index in [0.717, 1.165) is 36.1 Å². The quantitative estimate of drug-likeness (QED) is 0.488. The van der Waals surface area contributed by atoms with E-state index < -0.39 is 0 Å². The second-order valence-corrected chi connectivity index (χ2v) is 3.78. The third kappa shape index (κ3) is 6.12. The number of nitrogens with one attached hydrogen (secondary N) is 2. The van der Waals surface area contributed by atoms with Gasteiger partial charge in [0.25, 0.3) is 0 Å². The van der Waals surface area contributed by atoms with Crippen LogP contribution in [0.5, 0.6) is 0 Å². The normalized spacial score (nSPS) is 10.6. The van der Waals surface area contributed by atoms with E-state index in [0.29, 0.717) is 0 Å². The molecule has 96 valence electrons. The number of hydrogen-bond acceptors (Lipinski definition) is 1. The summed E-state index contributed by atoms with van der Waals surface area (Å²) in [4.78, 5) is 4.09. The zero-order chi connectivity index (χ0) is 11.8. The maximum atomic E-state index is 6.06. The summed E-state index contributed by atoms with van der Waals surface area (Å²) in [6, 6.07) is 7.90. The Morgan fingerprint density at radius 1 is 1.29 bits per heavy atom. The topological polar surface area (TPSA) is 36.4 Å². The molecule has 1 aromatic rings. The molecule has 0 fully saturated rings. The molecule has 0 atom stereocenters. The average Bonchev–Trinajstić information content (AvgIpc) is 2.30. The number of aliphatic imine (C=N–C) groups is 1. The maximum absolute atomic E-state index is 6.06. The highest BCUT2D eigenvalue weighted by atomic mass is 127. The van der Waals surface area contributed by atoms with Gasteiger partial charge in [-0.1, -0.05) is 29.8 Å². The van der Waals surface area contributed by atoms with Crippen molar-refractivity contribution in [3.8, 4) is 0 Å². The van der Waals surface area contributed by atoms with Gasteiger partial charge in [0.1, 0.15) is 0 Å². The maximum Gasteiger partial charge on any atom is 0.190 e. The van der Waals surface area contributed by atoms with Crippen LogP contribution in [0.2, 0.25) is 5.02 Å². The Balaban J connectivity index is 0.00000256. The third-order valence-corrected chi connectivity index (χ3v) is 2.58. The van der Waals surface area contributed by atoms with E-state index in [9.17, 15) is 0 Å². The van der Waals surface area contributed by atoms with E-state index in [4.69, 9.17) is 11.6 Å². The van der Waals surface area contributed by atoms with Crippen LogP contribution in [-0.2, 0) is 6.42 Å². The highest BCUT2D eigenvalue weighted by Crippen LogP contribution is 2.14. The molecule has 0 amide bonds. The van der Waals surface area contributed by atoms with Crippen LogP contribution in [0.3, 0.4) is 0 Å². The molecule has 0 aromatic heterocycles. The molecule has 0 heterocycles. The van der Waals surface area contributed by atoms with Crippen LogP contribution in [0.25, 0.3) is 0 Å². The summed E-state index contributed by atoms with van der Waals surface area (Å²) < 4.78 is 0. The van der Waals surface area contributed by atoms with Gasteiger partial charge in [0.05, 0.1) is 0 Å². The molecular weight excluding hydrogens is 349 g/mol. The molecule has 5 heteroatoms. The summed E-state index contributed by atoms with van der Waals surface area (Å²) in [7, 11) is 1.76. The molecule has 0 aliphatic carbocycles. The molecule has 0 bridgehead atoms. The van der Waals surface area contributed by atoms with Crippen LogP contribution in [0.4, 0.5) is 0 Å². The van der Waals surface area contributed by atoms with E-state index >= 15 is 0 Å². The SMILES string of the molecule is CCNC(=NC)NCCc1ccccc1Cl.I. The van der Waals surface area contributed by atoms with Crippen molar-refractivity contribution in [1.82, 2.24) is 10.6 Å². The fraction of sp³-hybridized carbons (Fsp3) is 0.417. The Kier molecular flexibility index (Phi) is 9.26. The van der Waals surface area contributed by atoms with Gasteiger partial charge in [-0.05, 0) is 25.0 Å². The zero-order valence-corrected chi connectivity index (χ0v) is 13.3. The third-order valence-electron chi connectivity index (χ3n) is 2.21. The second kappa shape index (κ2) is 9.53. The summed E-state index contributed by atoms with van der Waals surface area (Å²) in [5.74, 6) is 0.828. The van der Waals surface area contributed by atoms with E-state index in [1.165, 1.54) is 0 Å². The minimum atomic E-state index is 0. The average molecular weight is 368 g/mol. The highest BCUT2D eigenvalue weighted by Gasteiger charge is 1.99. The summed E-state index contributed by atoms with van der Waals surface area (Å²) in [5, 5.41) is 7.19. The fourth-order valence-corrected chi connectivity index (χ4v) is 1.63. The lowest BCUT2D eigenvalue weighted by Crippen LogP contribution is -2.38. The van der Waals surface area contributed by atoms with Gasteiger partial charge in [-0.25, -0.2) is 0 Å². The van der Waals surface area contributed by atoms with Crippen molar-refractivity contribution in [2.24, 2.45) is 4.99 Å². The number of rotatable bonds is 4. The van der Waals surface area contributed by atoms with E-state index in [1.807, 2.05) is 31.2 Å². The summed E-state index contributed by atoms with van der Waals surface area (Å²) in [6.45, 7) is 3.73. The standard InChI is InChI=1S/C12H18ClN3.HI/c1-3-15-12(14-2)16-9-8-10-6-4-5-7-11(10)13;/h4-7H,3,8-9H2,1-2H3,(H2,14,15,16);1H. The molecule has 0 saturated heterocycles. The number of benzene rings is 1. The van der Waals surface area contributed by atoms with E-state index in [2.05, 4.69) is 15.6 Å². The zero-order valence-electron chi connectivity index (χ0n) is 10.2. The smallest absolute Gasteiger partial charge is 0.190 e. The largest absolute Gasteiger partial charge is 0.357 e. The lowest BCUT2D eigenvalue weighted by Gasteiger charge is -2.10. The number of hydrogen-bond donors (Lipinski definition) is 2. The van der Waals surface area contributed by atoms with Crippen molar-refractivity contribution in [2.75, 3.05) is 20.1 Å². The van der Waals surface area contributed by atoms with Gasteiger partial charge in [-0.2, -0.15) is 0 Å². The highest BCUT2D eigenvalue weighted by molar-refractivity contribution is 14.0. The van der Waals surface area contributed by atoms with Crippen LogP contribution in [0.15, 0.2) is 29.3 Å². The van der Waals surface area contributed by atoms with Gasteiger partial charge >= 0.3 is 0 Å². The minimum absolute atomic E-state index is 0. The minimum Gasteiger partial charge on any atom is -0.357 e. The molecule has 0 saturated carbocycles. The summed E-state index contributed by atoms with van der Waals surface area (Å²) in [6.07, 6.45) is 0.893. The van der Waals surface area contributed by atoms with Crippen molar-refractivity contribution in [3.63, 3.8) is 0 Å². The van der Waals surface area contributed by atoms with Gasteiger partial charge in [0, 0.05) is 25.2 Å². The first-order chi connectivity index (χ1) is 7.77. The van der Waals surface area contributed by atoms with Gasteiger partial charge in [-0.15, -0.1) is 24.0 Å². The summed E-state index contributed by atoms with van der Waals surface area (Å²) in [5.41, 5.74) is 1.16. The first kappa shape index (κ1) is 16.5. The number of guanidine groups is 1. The first-order valence-corrected chi connectivity index (χ1v) is 5.83. The van der Waals surface area contributed by atoms with Crippen molar-refractivity contribution in [3.05, 3.63) is 34.9 Å². The van der Waals surface area contributed by atoms with E-state index in [-0.39, 0.29) is 24.0 Å². The molecule has 1 rings (SSSR count). The van der Waals surface area contributed by atoms with Crippen LogP contribution >= 0.6 is 35.6 Å². The molecule has 0 spiro atoms. The Morgan fingerprint density at radius 2 is 2.00 bits per heavy atom. The van der Waals surface area contributed by atoms with Gasteiger partial charge in [0.2, 0.25) is 0 Å². The Morgan fingerprint density at radius 3 is 2.59 bits per heavy atom. The van der Waals surface area contributed by atoms with Gasteiger partial charge < -0.3 is 10.6 Å². The van der Waals surface area contributed by atoms with Crippen molar-refractivity contribution in [1.29, 1.82) is 0 Å². The van der Waals surface area contributed by atoms with Gasteiger partial charge in [-0.3, -0.25) is 4.99 Å². The van der Waals surface area contributed by atoms with Crippen LogP contribution in [0.1, 0.15) is 12.5 Å². The molecule has 1 aromatic carbocycles. The predicted octanol–water partition coefficient (Wildman–Crippen LogP) is 2.69. The Hall–Kier alpha value is -0.490. The molecule has 2 N–H and O–H groups in total. The number of halogens is 2. The van der Waals surface area contributed by atoms with Crippen molar-refractivity contribution in [2.45, 2.75) is 13.3 Å². The number of nitrogens with zero attached hydrogens (tertiary/aromatic N) is 1. The lowest BCUT2D eigenvalue weighted by atomic mass is 10.1.